The molecule has 1 aromatic heterocycles. The quantitative estimate of drug-likeness (QED) is 0.244. The standard InChI is InChI=1S/C28H27BrN2O4/c1-17-11-13-30(14-12-17)20-6-8-21(9-7-20)31-25(23-4-3-15-35-23)24(27(33)28(31)34)26(32)19-5-10-22(29)18(2)16-19/h3-10,15-17,25,32H,11-14H2,1-2H3/b26-24-. The molecule has 2 aliphatic rings. The zero-order valence-electron chi connectivity index (χ0n) is 19.7. The highest BCUT2D eigenvalue weighted by Gasteiger charge is 2.48. The molecule has 6 nitrogen and oxygen atoms in total. The molecule has 0 radical (unpaired) electrons. The van der Waals surface area contributed by atoms with E-state index in [1.807, 2.05) is 37.3 Å². The number of rotatable bonds is 4. The maximum atomic E-state index is 13.3. The Kier molecular flexibility index (Phi) is 6.28. The van der Waals surface area contributed by atoms with Crippen molar-refractivity contribution in [2.75, 3.05) is 22.9 Å². The number of hydrogen-bond acceptors (Lipinski definition) is 5. The van der Waals surface area contributed by atoms with E-state index in [1.165, 1.54) is 11.2 Å². The molecule has 7 heteroatoms. The fraction of sp³-hybridized carbons (Fsp3) is 0.286. The predicted molar refractivity (Wildman–Crippen MR) is 139 cm³/mol. The number of nitrogens with zero attached hydrogens (tertiary/aromatic N) is 2. The number of carbonyl (C=O) groups is 2. The van der Waals surface area contributed by atoms with E-state index in [2.05, 4.69) is 27.8 Å². The summed E-state index contributed by atoms with van der Waals surface area (Å²) in [5.41, 5.74) is 3.06. The van der Waals surface area contributed by atoms with Gasteiger partial charge >= 0.3 is 0 Å². The van der Waals surface area contributed by atoms with Crippen molar-refractivity contribution in [1.29, 1.82) is 0 Å². The molecule has 1 N–H and O–H groups in total. The van der Waals surface area contributed by atoms with Crippen molar-refractivity contribution in [1.82, 2.24) is 0 Å². The topological polar surface area (TPSA) is 74.0 Å². The van der Waals surface area contributed by atoms with Gasteiger partial charge in [-0.3, -0.25) is 14.5 Å². The first-order valence-electron chi connectivity index (χ1n) is 11.8. The fourth-order valence-electron chi connectivity index (χ4n) is 4.85. The van der Waals surface area contributed by atoms with Crippen LogP contribution in [0.1, 0.15) is 42.7 Å². The highest BCUT2D eigenvalue weighted by molar-refractivity contribution is 9.10. The molecule has 180 valence electrons. The molecule has 2 aliphatic heterocycles. The third kappa shape index (κ3) is 4.29. The molecule has 3 aromatic rings. The van der Waals surface area contributed by atoms with Crippen molar-refractivity contribution < 1.29 is 19.1 Å². The second-order valence-electron chi connectivity index (χ2n) is 9.33. The lowest BCUT2D eigenvalue weighted by Gasteiger charge is -2.32. The Morgan fingerprint density at radius 3 is 2.34 bits per heavy atom. The molecule has 2 fully saturated rings. The van der Waals surface area contributed by atoms with E-state index in [0.717, 1.165) is 47.6 Å². The van der Waals surface area contributed by atoms with Gasteiger partial charge in [-0.1, -0.05) is 28.9 Å². The number of aryl methyl sites for hydroxylation is 1. The van der Waals surface area contributed by atoms with Crippen LogP contribution in [0.25, 0.3) is 5.76 Å². The summed E-state index contributed by atoms with van der Waals surface area (Å²) in [5.74, 6) is -0.504. The third-order valence-corrected chi connectivity index (χ3v) is 7.85. The second kappa shape index (κ2) is 9.38. The van der Waals surface area contributed by atoms with Crippen molar-refractivity contribution in [3.63, 3.8) is 0 Å². The smallest absolute Gasteiger partial charge is 0.300 e. The van der Waals surface area contributed by atoms with E-state index < -0.39 is 17.7 Å². The highest BCUT2D eigenvalue weighted by atomic mass is 79.9. The molecule has 1 unspecified atom stereocenters. The minimum Gasteiger partial charge on any atom is -0.507 e. The number of furan rings is 1. The number of aliphatic hydroxyl groups excluding tert-OH is 1. The minimum absolute atomic E-state index is 0.0146. The van der Waals surface area contributed by atoms with Crippen LogP contribution in [-0.4, -0.2) is 29.9 Å². The maximum absolute atomic E-state index is 13.3. The molecule has 0 bridgehead atoms. The fourth-order valence-corrected chi connectivity index (χ4v) is 5.10. The number of piperidine rings is 1. The number of aliphatic hydroxyl groups is 1. The SMILES string of the molecule is Cc1cc(/C(O)=C2/C(=O)C(=O)N(c3ccc(N4CCC(C)CC4)cc3)C2c2ccco2)ccc1Br. The number of ketones is 1. The van der Waals surface area contributed by atoms with E-state index in [9.17, 15) is 14.7 Å². The van der Waals surface area contributed by atoms with E-state index in [4.69, 9.17) is 4.42 Å². The van der Waals surface area contributed by atoms with Crippen LogP contribution in [0.5, 0.6) is 0 Å². The molecular formula is C28H27BrN2O4. The average molecular weight is 535 g/mol. The number of anilines is 2. The summed E-state index contributed by atoms with van der Waals surface area (Å²) in [5, 5.41) is 11.2. The summed E-state index contributed by atoms with van der Waals surface area (Å²) in [6.45, 7) is 6.18. The molecule has 35 heavy (non-hydrogen) atoms. The van der Waals surface area contributed by atoms with Gasteiger partial charge in [-0.15, -0.1) is 0 Å². The lowest BCUT2D eigenvalue weighted by molar-refractivity contribution is -0.132. The molecule has 1 amide bonds. The Balaban J connectivity index is 1.55. The van der Waals surface area contributed by atoms with Crippen LogP contribution >= 0.6 is 15.9 Å². The van der Waals surface area contributed by atoms with Crippen LogP contribution in [0.3, 0.4) is 0 Å². The van der Waals surface area contributed by atoms with E-state index in [-0.39, 0.29) is 11.3 Å². The Morgan fingerprint density at radius 2 is 1.71 bits per heavy atom. The zero-order valence-corrected chi connectivity index (χ0v) is 21.3. The summed E-state index contributed by atoms with van der Waals surface area (Å²) < 4.78 is 6.54. The zero-order chi connectivity index (χ0) is 24.7. The summed E-state index contributed by atoms with van der Waals surface area (Å²) in [6, 6.07) is 15.6. The minimum atomic E-state index is -0.865. The van der Waals surface area contributed by atoms with Crippen molar-refractivity contribution >= 4 is 44.8 Å². The monoisotopic (exact) mass is 534 g/mol. The average Bonchev–Trinajstić information content (AvgIpc) is 3.48. The molecule has 0 aliphatic carbocycles. The number of Topliss-reactive ketones (excluding diaryl/α,β-unsaturated/α-hetero) is 1. The van der Waals surface area contributed by atoms with Crippen molar-refractivity contribution in [3.8, 4) is 0 Å². The third-order valence-electron chi connectivity index (χ3n) is 6.97. The van der Waals surface area contributed by atoms with Crippen LogP contribution in [0.2, 0.25) is 0 Å². The first-order chi connectivity index (χ1) is 16.8. The largest absolute Gasteiger partial charge is 0.507 e. The van der Waals surface area contributed by atoms with Crippen molar-refractivity contribution in [3.05, 3.63) is 87.8 Å². The Labute approximate surface area is 213 Å². The second-order valence-corrected chi connectivity index (χ2v) is 10.2. The molecule has 2 aromatic carbocycles. The van der Waals surface area contributed by atoms with Crippen LogP contribution in [0.4, 0.5) is 11.4 Å². The van der Waals surface area contributed by atoms with E-state index >= 15 is 0 Å². The van der Waals surface area contributed by atoms with Gasteiger partial charge in [0, 0.05) is 34.5 Å². The van der Waals surface area contributed by atoms with Gasteiger partial charge in [0.1, 0.15) is 17.6 Å². The van der Waals surface area contributed by atoms with Gasteiger partial charge in [0.05, 0.1) is 11.8 Å². The van der Waals surface area contributed by atoms with Crippen LogP contribution < -0.4 is 9.80 Å². The van der Waals surface area contributed by atoms with Crippen LogP contribution in [0.15, 0.2) is 75.3 Å². The molecular weight excluding hydrogens is 508 g/mol. The van der Waals surface area contributed by atoms with Crippen LogP contribution in [-0.2, 0) is 9.59 Å². The van der Waals surface area contributed by atoms with Gasteiger partial charge in [-0.05, 0) is 79.8 Å². The van der Waals surface area contributed by atoms with E-state index in [1.54, 1.807) is 24.3 Å². The predicted octanol–water partition coefficient (Wildman–Crippen LogP) is 6.21. The first-order valence-corrected chi connectivity index (χ1v) is 12.6. The Hall–Kier alpha value is -3.32. The van der Waals surface area contributed by atoms with Crippen molar-refractivity contribution in [2.24, 2.45) is 5.92 Å². The van der Waals surface area contributed by atoms with Gasteiger partial charge in [0.15, 0.2) is 0 Å². The summed E-state index contributed by atoms with van der Waals surface area (Å²) >= 11 is 3.46. The Bertz CT molecular complexity index is 1290. The number of hydrogen-bond donors (Lipinski definition) is 1. The number of halogens is 1. The van der Waals surface area contributed by atoms with Crippen LogP contribution in [0, 0.1) is 12.8 Å². The first kappa shape index (κ1) is 23.4. The van der Waals surface area contributed by atoms with Gasteiger partial charge in [0.25, 0.3) is 11.7 Å². The van der Waals surface area contributed by atoms with Crippen molar-refractivity contribution in [2.45, 2.75) is 32.7 Å². The summed E-state index contributed by atoms with van der Waals surface area (Å²) in [6.07, 6.45) is 3.81. The molecule has 0 spiro atoms. The molecule has 5 rings (SSSR count). The normalized spacial score (nSPS) is 20.6. The number of amides is 1. The summed E-state index contributed by atoms with van der Waals surface area (Å²) in [4.78, 5) is 30.3. The van der Waals surface area contributed by atoms with Gasteiger partial charge in [0.2, 0.25) is 0 Å². The maximum Gasteiger partial charge on any atom is 0.300 e. The van der Waals surface area contributed by atoms with Gasteiger partial charge in [-0.2, -0.15) is 0 Å². The number of carbonyl (C=O) groups excluding carboxylic acids is 2. The molecule has 0 saturated carbocycles. The molecule has 2 saturated heterocycles. The van der Waals surface area contributed by atoms with Gasteiger partial charge in [-0.25, -0.2) is 0 Å². The lowest BCUT2D eigenvalue weighted by Crippen LogP contribution is -2.33. The highest BCUT2D eigenvalue weighted by Crippen LogP contribution is 2.43. The Morgan fingerprint density at radius 1 is 1.03 bits per heavy atom. The number of benzene rings is 2. The summed E-state index contributed by atoms with van der Waals surface area (Å²) in [7, 11) is 0. The van der Waals surface area contributed by atoms with Gasteiger partial charge < -0.3 is 14.4 Å². The molecule has 3 heterocycles. The van der Waals surface area contributed by atoms with E-state index in [0.29, 0.717) is 17.0 Å². The lowest BCUT2D eigenvalue weighted by atomic mass is 9.98. The molecule has 1 atom stereocenters.